The maximum absolute atomic E-state index is 13.0. The third-order valence-corrected chi connectivity index (χ3v) is 5.42. The molecular formula is C23H23N3O2. The summed E-state index contributed by atoms with van der Waals surface area (Å²) < 4.78 is 0. The first-order valence-electron chi connectivity index (χ1n) is 9.62. The number of carbonyl (C=O) groups is 2. The zero-order valence-corrected chi connectivity index (χ0v) is 15.9. The van der Waals surface area contributed by atoms with Gasteiger partial charge in [0.2, 0.25) is 0 Å². The summed E-state index contributed by atoms with van der Waals surface area (Å²) in [6, 6.07) is 17.9. The summed E-state index contributed by atoms with van der Waals surface area (Å²) in [5, 5.41) is 6.74. The molecule has 1 aliphatic rings. The van der Waals surface area contributed by atoms with E-state index in [9.17, 15) is 9.59 Å². The Hall–Kier alpha value is -3.21. The van der Waals surface area contributed by atoms with Gasteiger partial charge in [-0.2, -0.15) is 5.10 Å². The van der Waals surface area contributed by atoms with Crippen LogP contribution in [0.2, 0.25) is 0 Å². The van der Waals surface area contributed by atoms with Crippen molar-refractivity contribution in [1.82, 2.24) is 15.1 Å². The third kappa shape index (κ3) is 3.60. The van der Waals surface area contributed by atoms with Crippen LogP contribution in [0, 0.1) is 12.8 Å². The molecule has 0 bridgehead atoms. The number of H-pyrrole nitrogens is 1. The number of nitrogens with one attached hydrogen (secondary N) is 1. The Labute approximate surface area is 164 Å². The maximum atomic E-state index is 13.0. The molecule has 0 spiro atoms. The quantitative estimate of drug-likeness (QED) is 0.700. The van der Waals surface area contributed by atoms with Gasteiger partial charge < -0.3 is 4.90 Å². The number of aryl methyl sites for hydroxylation is 1. The fraction of sp³-hybridized carbons (Fsp3) is 0.261. The molecule has 0 saturated carbocycles. The largest absolute Gasteiger partial charge is 0.338 e. The first kappa shape index (κ1) is 18.2. The lowest BCUT2D eigenvalue weighted by atomic mass is 9.89. The van der Waals surface area contributed by atoms with Crippen LogP contribution in [0.25, 0.3) is 11.1 Å². The molecule has 5 nitrogen and oxygen atoms in total. The highest BCUT2D eigenvalue weighted by Crippen LogP contribution is 2.25. The first-order valence-corrected chi connectivity index (χ1v) is 9.62. The molecule has 3 aromatic rings. The van der Waals surface area contributed by atoms with Crippen molar-refractivity contribution in [2.24, 2.45) is 5.92 Å². The number of amides is 1. The highest BCUT2D eigenvalue weighted by atomic mass is 16.2. The number of hydrogen-bond acceptors (Lipinski definition) is 3. The monoisotopic (exact) mass is 373 g/mol. The zero-order chi connectivity index (χ0) is 19.5. The Morgan fingerprint density at radius 3 is 2.43 bits per heavy atom. The van der Waals surface area contributed by atoms with Gasteiger partial charge in [-0.3, -0.25) is 14.7 Å². The average Bonchev–Trinajstić information content (AvgIpc) is 3.19. The molecule has 4 rings (SSSR count). The van der Waals surface area contributed by atoms with Crippen molar-refractivity contribution in [2.75, 3.05) is 13.1 Å². The van der Waals surface area contributed by atoms with E-state index >= 15 is 0 Å². The van der Waals surface area contributed by atoms with Gasteiger partial charge in [-0.1, -0.05) is 54.6 Å². The second-order valence-corrected chi connectivity index (χ2v) is 7.31. The van der Waals surface area contributed by atoms with Crippen LogP contribution in [-0.2, 0) is 0 Å². The number of benzene rings is 2. The van der Waals surface area contributed by atoms with Crippen LogP contribution >= 0.6 is 0 Å². The number of carbonyl (C=O) groups excluding carboxylic acids is 2. The smallest absolute Gasteiger partial charge is 0.257 e. The van der Waals surface area contributed by atoms with Crippen molar-refractivity contribution in [3.8, 4) is 11.1 Å². The lowest BCUT2D eigenvalue weighted by Gasteiger charge is -2.32. The maximum Gasteiger partial charge on any atom is 0.257 e. The number of likely N-dealkylation sites (tertiary alicyclic amines) is 1. The molecule has 0 radical (unpaired) electrons. The number of aromatic amines is 1. The molecule has 1 aliphatic heterocycles. The van der Waals surface area contributed by atoms with E-state index in [0.29, 0.717) is 24.2 Å². The molecule has 0 unspecified atom stereocenters. The Morgan fingerprint density at radius 1 is 1.04 bits per heavy atom. The fourth-order valence-corrected chi connectivity index (χ4v) is 3.81. The molecule has 28 heavy (non-hydrogen) atoms. The molecule has 0 aliphatic carbocycles. The molecule has 1 atom stereocenters. The van der Waals surface area contributed by atoms with Gasteiger partial charge in [0.25, 0.3) is 5.91 Å². The number of piperidine rings is 1. The Balaban J connectivity index is 1.47. The van der Waals surface area contributed by atoms with Crippen molar-refractivity contribution in [1.29, 1.82) is 0 Å². The SMILES string of the molecule is Cc1[nH]ncc1C(=O)N1CCC[C@@H](C(=O)c2ccc(-c3ccccc3)cc2)C1. The summed E-state index contributed by atoms with van der Waals surface area (Å²) in [7, 11) is 0. The van der Waals surface area contributed by atoms with Gasteiger partial charge in [-0.15, -0.1) is 0 Å². The highest BCUT2D eigenvalue weighted by Gasteiger charge is 2.30. The standard InChI is InChI=1S/C23H23N3O2/c1-16-21(14-24-25-16)23(28)26-13-5-8-20(15-26)22(27)19-11-9-18(10-12-19)17-6-3-2-4-7-17/h2-4,6-7,9-12,14,20H,5,8,13,15H2,1H3,(H,24,25)/t20-/m1/s1. The molecule has 1 aromatic heterocycles. The summed E-state index contributed by atoms with van der Waals surface area (Å²) in [5.41, 5.74) is 4.27. The van der Waals surface area contributed by atoms with Crippen LogP contribution in [0.1, 0.15) is 39.3 Å². The van der Waals surface area contributed by atoms with E-state index in [2.05, 4.69) is 22.3 Å². The lowest BCUT2D eigenvalue weighted by molar-refractivity contribution is 0.0636. The molecule has 142 valence electrons. The van der Waals surface area contributed by atoms with Crippen molar-refractivity contribution in [3.63, 3.8) is 0 Å². The predicted molar refractivity (Wildman–Crippen MR) is 108 cm³/mol. The van der Waals surface area contributed by atoms with Crippen LogP contribution in [0.3, 0.4) is 0 Å². The summed E-state index contributed by atoms with van der Waals surface area (Å²) in [6.45, 7) is 2.98. The molecule has 1 amide bonds. The van der Waals surface area contributed by atoms with E-state index in [1.165, 1.54) is 0 Å². The number of aromatic nitrogens is 2. The van der Waals surface area contributed by atoms with E-state index in [1.54, 1.807) is 11.1 Å². The average molecular weight is 373 g/mol. The number of nitrogens with zero attached hydrogens (tertiary/aromatic N) is 2. The molecule has 1 saturated heterocycles. The van der Waals surface area contributed by atoms with E-state index in [0.717, 1.165) is 29.7 Å². The molecular weight excluding hydrogens is 350 g/mol. The number of hydrogen-bond donors (Lipinski definition) is 1. The number of Topliss-reactive ketones (excluding diaryl/α,β-unsaturated/α-hetero) is 1. The van der Waals surface area contributed by atoms with Crippen molar-refractivity contribution < 1.29 is 9.59 Å². The molecule has 2 heterocycles. The number of ketones is 1. The van der Waals surface area contributed by atoms with E-state index in [1.807, 2.05) is 49.4 Å². The van der Waals surface area contributed by atoms with Crippen molar-refractivity contribution >= 4 is 11.7 Å². The second kappa shape index (κ2) is 7.80. The van der Waals surface area contributed by atoms with Gasteiger partial charge in [-0.05, 0) is 30.9 Å². The number of rotatable bonds is 4. The van der Waals surface area contributed by atoms with Gasteiger partial charge in [-0.25, -0.2) is 0 Å². The molecule has 5 heteroatoms. The molecule has 1 N–H and O–H groups in total. The Morgan fingerprint density at radius 2 is 1.75 bits per heavy atom. The summed E-state index contributed by atoms with van der Waals surface area (Å²) >= 11 is 0. The predicted octanol–water partition coefficient (Wildman–Crippen LogP) is 4.12. The van der Waals surface area contributed by atoms with Crippen molar-refractivity contribution in [2.45, 2.75) is 19.8 Å². The van der Waals surface area contributed by atoms with Crippen LogP contribution in [0.15, 0.2) is 60.8 Å². The Kier molecular flexibility index (Phi) is 5.06. The van der Waals surface area contributed by atoms with E-state index < -0.39 is 0 Å². The lowest BCUT2D eigenvalue weighted by Crippen LogP contribution is -2.42. The highest BCUT2D eigenvalue weighted by molar-refractivity contribution is 5.99. The minimum absolute atomic E-state index is 0.0526. The second-order valence-electron chi connectivity index (χ2n) is 7.31. The topological polar surface area (TPSA) is 66.1 Å². The van der Waals surface area contributed by atoms with E-state index in [-0.39, 0.29) is 17.6 Å². The third-order valence-electron chi connectivity index (χ3n) is 5.42. The summed E-state index contributed by atoms with van der Waals surface area (Å²) in [4.78, 5) is 27.5. The van der Waals surface area contributed by atoms with Crippen LogP contribution < -0.4 is 0 Å². The van der Waals surface area contributed by atoms with Crippen LogP contribution in [0.5, 0.6) is 0 Å². The minimum Gasteiger partial charge on any atom is -0.338 e. The first-order chi connectivity index (χ1) is 13.6. The summed E-state index contributed by atoms with van der Waals surface area (Å²) in [6.07, 6.45) is 3.21. The van der Waals surface area contributed by atoms with Gasteiger partial charge in [0, 0.05) is 30.3 Å². The molecule has 1 fully saturated rings. The van der Waals surface area contributed by atoms with Gasteiger partial charge >= 0.3 is 0 Å². The fourth-order valence-electron chi connectivity index (χ4n) is 3.81. The van der Waals surface area contributed by atoms with Gasteiger partial charge in [0.1, 0.15) is 0 Å². The van der Waals surface area contributed by atoms with Gasteiger partial charge in [0.15, 0.2) is 5.78 Å². The normalized spacial score (nSPS) is 16.8. The van der Waals surface area contributed by atoms with Crippen LogP contribution in [0.4, 0.5) is 0 Å². The zero-order valence-electron chi connectivity index (χ0n) is 15.9. The molecule has 2 aromatic carbocycles. The van der Waals surface area contributed by atoms with E-state index in [4.69, 9.17) is 0 Å². The Bertz CT molecular complexity index is 977. The summed E-state index contributed by atoms with van der Waals surface area (Å²) in [5.74, 6) is -0.100. The van der Waals surface area contributed by atoms with Crippen molar-refractivity contribution in [3.05, 3.63) is 77.6 Å². The van der Waals surface area contributed by atoms with Crippen LogP contribution in [-0.4, -0.2) is 39.9 Å². The minimum atomic E-state index is -0.160. The van der Waals surface area contributed by atoms with Gasteiger partial charge in [0.05, 0.1) is 11.8 Å².